The highest BCUT2D eigenvalue weighted by Crippen LogP contribution is 2.41. The van der Waals surface area contributed by atoms with Crippen LogP contribution in [-0.4, -0.2) is 32.7 Å². The first-order valence-electron chi connectivity index (χ1n) is 8.36. The summed E-state index contributed by atoms with van der Waals surface area (Å²) < 4.78 is 5.37. The normalized spacial score (nSPS) is 23.4. The van der Waals surface area contributed by atoms with E-state index in [9.17, 15) is 4.79 Å². The molecule has 2 N–H and O–H groups in total. The number of benzene rings is 1. The minimum atomic E-state index is 0.0796. The summed E-state index contributed by atoms with van der Waals surface area (Å²) in [6.07, 6.45) is 5.71. The second-order valence-corrected chi connectivity index (χ2v) is 6.63. The van der Waals surface area contributed by atoms with E-state index in [2.05, 4.69) is 28.8 Å². The molecule has 2 fully saturated rings. The van der Waals surface area contributed by atoms with E-state index in [0.29, 0.717) is 0 Å². The Morgan fingerprint density at radius 1 is 1.41 bits per heavy atom. The molecular formula is C18H26N2O2. The molecule has 0 bridgehead atoms. The van der Waals surface area contributed by atoms with Gasteiger partial charge in [0.05, 0.1) is 13.0 Å². The quantitative estimate of drug-likeness (QED) is 0.877. The van der Waals surface area contributed by atoms with Crippen LogP contribution >= 0.6 is 0 Å². The average Bonchev–Trinajstić information content (AvgIpc) is 3.25. The molecule has 1 saturated carbocycles. The van der Waals surface area contributed by atoms with Crippen molar-refractivity contribution in [3.8, 4) is 5.75 Å². The van der Waals surface area contributed by atoms with E-state index in [1.165, 1.54) is 18.4 Å². The van der Waals surface area contributed by atoms with Gasteiger partial charge in [0, 0.05) is 18.5 Å². The van der Waals surface area contributed by atoms with Gasteiger partial charge in [-0.2, -0.15) is 0 Å². The molecule has 1 aromatic rings. The highest BCUT2D eigenvalue weighted by Gasteiger charge is 2.36. The average molecular weight is 302 g/mol. The summed E-state index contributed by atoms with van der Waals surface area (Å²) in [6, 6.07) is 8.34. The fourth-order valence-electron chi connectivity index (χ4n) is 3.85. The number of nitrogens with one attached hydrogen (secondary N) is 2. The van der Waals surface area contributed by atoms with E-state index in [1.807, 2.05) is 6.07 Å². The van der Waals surface area contributed by atoms with Crippen molar-refractivity contribution in [3.05, 3.63) is 29.8 Å². The van der Waals surface area contributed by atoms with Crippen molar-refractivity contribution in [1.29, 1.82) is 0 Å². The predicted molar refractivity (Wildman–Crippen MR) is 87.1 cm³/mol. The Morgan fingerprint density at radius 3 is 2.91 bits per heavy atom. The van der Waals surface area contributed by atoms with Gasteiger partial charge in [-0.25, -0.2) is 0 Å². The Hall–Kier alpha value is -1.55. The van der Waals surface area contributed by atoms with Gasteiger partial charge in [-0.3, -0.25) is 4.79 Å². The van der Waals surface area contributed by atoms with Crippen LogP contribution in [0, 0.1) is 5.92 Å². The Morgan fingerprint density at radius 2 is 2.23 bits per heavy atom. The van der Waals surface area contributed by atoms with Gasteiger partial charge in [0.25, 0.3) is 0 Å². The third-order valence-electron chi connectivity index (χ3n) is 5.27. The lowest BCUT2D eigenvalue weighted by atomic mass is 9.78. The van der Waals surface area contributed by atoms with Crippen LogP contribution in [-0.2, 0) is 10.2 Å². The third kappa shape index (κ3) is 3.12. The second-order valence-electron chi connectivity index (χ2n) is 6.63. The van der Waals surface area contributed by atoms with E-state index < -0.39 is 0 Å². The van der Waals surface area contributed by atoms with Crippen molar-refractivity contribution < 1.29 is 9.53 Å². The van der Waals surface area contributed by atoms with Crippen molar-refractivity contribution in [1.82, 2.24) is 10.6 Å². The summed E-state index contributed by atoms with van der Waals surface area (Å²) in [7, 11) is 1.70. The number of rotatable bonds is 5. The first-order chi connectivity index (χ1) is 10.7. The second kappa shape index (κ2) is 6.69. The van der Waals surface area contributed by atoms with Crippen molar-refractivity contribution >= 4 is 5.91 Å². The molecule has 1 aliphatic heterocycles. The Kier molecular flexibility index (Phi) is 4.67. The lowest BCUT2D eigenvalue weighted by Gasteiger charge is -2.30. The van der Waals surface area contributed by atoms with Gasteiger partial charge in [0.2, 0.25) is 5.91 Å². The lowest BCUT2D eigenvalue weighted by Crippen LogP contribution is -2.42. The van der Waals surface area contributed by atoms with Gasteiger partial charge in [0.1, 0.15) is 5.75 Å². The van der Waals surface area contributed by atoms with E-state index in [-0.39, 0.29) is 17.2 Å². The molecule has 1 unspecified atom stereocenters. The molecule has 1 amide bonds. The zero-order valence-corrected chi connectivity index (χ0v) is 13.4. The van der Waals surface area contributed by atoms with E-state index in [0.717, 1.165) is 44.6 Å². The molecule has 1 saturated heterocycles. The smallest absolute Gasteiger partial charge is 0.224 e. The molecule has 3 rings (SSSR count). The standard InChI is InChI=1S/C18H26N2O2/c1-22-16-6-4-5-15(11-16)18(8-2-3-9-18)13-20-17(21)14-7-10-19-12-14/h4-6,11,14,19H,2-3,7-10,12-13H2,1H3,(H,20,21). The molecular weight excluding hydrogens is 276 g/mol. The summed E-state index contributed by atoms with van der Waals surface area (Å²) in [5.74, 6) is 1.25. The third-order valence-corrected chi connectivity index (χ3v) is 5.27. The van der Waals surface area contributed by atoms with Crippen LogP contribution in [0.25, 0.3) is 0 Å². The predicted octanol–water partition coefficient (Wildman–Crippen LogP) is 2.23. The molecule has 2 aliphatic rings. The topological polar surface area (TPSA) is 50.4 Å². The molecule has 22 heavy (non-hydrogen) atoms. The Bertz CT molecular complexity index is 518. The Balaban J connectivity index is 1.72. The highest BCUT2D eigenvalue weighted by atomic mass is 16.5. The van der Waals surface area contributed by atoms with Crippen LogP contribution in [0.1, 0.15) is 37.7 Å². The van der Waals surface area contributed by atoms with E-state index >= 15 is 0 Å². The summed E-state index contributed by atoms with van der Waals surface area (Å²) in [5.41, 5.74) is 1.38. The highest BCUT2D eigenvalue weighted by molar-refractivity contribution is 5.79. The summed E-state index contributed by atoms with van der Waals surface area (Å²) in [6.45, 7) is 2.52. The van der Waals surface area contributed by atoms with Crippen LogP contribution in [0.5, 0.6) is 5.75 Å². The molecule has 4 nitrogen and oxygen atoms in total. The number of carbonyl (C=O) groups excluding carboxylic acids is 1. The van der Waals surface area contributed by atoms with Crippen LogP contribution in [0.4, 0.5) is 0 Å². The van der Waals surface area contributed by atoms with E-state index in [4.69, 9.17) is 4.74 Å². The number of amides is 1. The molecule has 4 heteroatoms. The molecule has 1 aliphatic carbocycles. The number of hydrogen-bond acceptors (Lipinski definition) is 3. The molecule has 0 spiro atoms. The van der Waals surface area contributed by atoms with Gasteiger partial charge >= 0.3 is 0 Å². The van der Waals surface area contributed by atoms with Gasteiger partial charge in [-0.15, -0.1) is 0 Å². The molecule has 0 radical (unpaired) electrons. The number of hydrogen-bond donors (Lipinski definition) is 2. The van der Waals surface area contributed by atoms with Crippen molar-refractivity contribution in [3.63, 3.8) is 0 Å². The first-order valence-corrected chi connectivity index (χ1v) is 8.36. The van der Waals surface area contributed by atoms with Crippen LogP contribution in [0.2, 0.25) is 0 Å². The van der Waals surface area contributed by atoms with Crippen LogP contribution < -0.4 is 15.4 Å². The van der Waals surface area contributed by atoms with Crippen LogP contribution in [0.3, 0.4) is 0 Å². The number of carbonyl (C=O) groups is 1. The van der Waals surface area contributed by atoms with Crippen molar-refractivity contribution in [2.24, 2.45) is 5.92 Å². The Labute approximate surface area is 132 Å². The maximum absolute atomic E-state index is 12.3. The maximum Gasteiger partial charge on any atom is 0.224 e. The molecule has 1 atom stereocenters. The van der Waals surface area contributed by atoms with E-state index in [1.54, 1.807) is 7.11 Å². The van der Waals surface area contributed by atoms with Crippen molar-refractivity contribution in [2.75, 3.05) is 26.7 Å². The molecule has 1 aromatic carbocycles. The first kappa shape index (κ1) is 15.3. The fourth-order valence-corrected chi connectivity index (χ4v) is 3.85. The summed E-state index contributed by atoms with van der Waals surface area (Å²) in [5, 5.41) is 6.48. The zero-order chi connectivity index (χ0) is 15.4. The molecule has 120 valence electrons. The maximum atomic E-state index is 12.3. The summed E-state index contributed by atoms with van der Waals surface area (Å²) >= 11 is 0. The van der Waals surface area contributed by atoms with Gasteiger partial charge in [0.15, 0.2) is 0 Å². The SMILES string of the molecule is COc1cccc(C2(CNC(=O)C3CCNC3)CCCC2)c1. The van der Waals surface area contributed by atoms with Crippen molar-refractivity contribution in [2.45, 2.75) is 37.5 Å². The van der Waals surface area contributed by atoms with Gasteiger partial charge in [-0.1, -0.05) is 25.0 Å². The number of ether oxygens (including phenoxy) is 1. The molecule has 1 heterocycles. The fraction of sp³-hybridized carbons (Fsp3) is 0.611. The van der Waals surface area contributed by atoms with Gasteiger partial charge < -0.3 is 15.4 Å². The minimum Gasteiger partial charge on any atom is -0.497 e. The minimum absolute atomic E-state index is 0.0796. The lowest BCUT2D eigenvalue weighted by molar-refractivity contribution is -0.124. The molecule has 0 aromatic heterocycles. The van der Waals surface area contributed by atoms with Crippen LogP contribution in [0.15, 0.2) is 24.3 Å². The summed E-state index contributed by atoms with van der Waals surface area (Å²) in [4.78, 5) is 12.3. The van der Waals surface area contributed by atoms with Gasteiger partial charge in [-0.05, 0) is 43.5 Å². The number of methoxy groups -OCH3 is 1. The largest absolute Gasteiger partial charge is 0.497 e. The monoisotopic (exact) mass is 302 g/mol. The zero-order valence-electron chi connectivity index (χ0n) is 13.4.